The molecular weight excluding hydrogens is 298 g/mol. The third-order valence-electron chi connectivity index (χ3n) is 3.51. The van der Waals surface area contributed by atoms with Crippen LogP contribution >= 0.6 is 0 Å². The summed E-state index contributed by atoms with van der Waals surface area (Å²) in [6.07, 6.45) is 1.07. The van der Waals surface area contributed by atoms with E-state index in [1.165, 1.54) is 4.90 Å². The molecule has 1 unspecified atom stereocenters. The number of amides is 2. The molecule has 1 saturated heterocycles. The molecule has 0 aliphatic carbocycles. The summed E-state index contributed by atoms with van der Waals surface area (Å²) >= 11 is 0. The van der Waals surface area contributed by atoms with Gasteiger partial charge in [-0.3, -0.25) is 4.79 Å². The van der Waals surface area contributed by atoms with Crippen LogP contribution in [0.15, 0.2) is 12.1 Å². The number of urea groups is 1. The van der Waals surface area contributed by atoms with E-state index in [0.717, 1.165) is 19.2 Å². The molecule has 120 valence electrons. The van der Waals surface area contributed by atoms with E-state index < -0.39 is 35.3 Å². The summed E-state index contributed by atoms with van der Waals surface area (Å²) < 4.78 is 31.7. The van der Waals surface area contributed by atoms with Crippen molar-refractivity contribution >= 4 is 17.7 Å². The van der Waals surface area contributed by atoms with E-state index in [4.69, 9.17) is 5.11 Å². The fraction of sp³-hybridized carbons (Fsp3) is 0.429. The van der Waals surface area contributed by atoms with Gasteiger partial charge in [-0.05, 0) is 12.8 Å². The second-order valence-corrected chi connectivity index (χ2v) is 5.03. The highest BCUT2D eigenvalue weighted by atomic mass is 19.1. The Morgan fingerprint density at radius 3 is 2.55 bits per heavy atom. The van der Waals surface area contributed by atoms with Crippen LogP contribution in [0, 0.1) is 17.6 Å². The van der Waals surface area contributed by atoms with Gasteiger partial charge in [-0.1, -0.05) is 0 Å². The van der Waals surface area contributed by atoms with E-state index in [0.29, 0.717) is 19.4 Å². The minimum Gasteiger partial charge on any atom is -0.491 e. The normalized spacial score (nSPS) is 18.0. The first-order valence-corrected chi connectivity index (χ1v) is 6.74. The number of hydrogen-bond acceptors (Lipinski definition) is 3. The summed E-state index contributed by atoms with van der Waals surface area (Å²) in [5.41, 5.74) is -0.0572. The first-order valence-electron chi connectivity index (χ1n) is 6.74. The average Bonchev–Trinajstić information content (AvgIpc) is 2.47. The third kappa shape index (κ3) is 3.44. The molecule has 1 atom stereocenters. The maximum Gasteiger partial charge on any atom is 0.321 e. The molecule has 2 rings (SSSR count). The van der Waals surface area contributed by atoms with Crippen LogP contribution in [0.1, 0.15) is 12.8 Å². The van der Waals surface area contributed by atoms with Crippen LogP contribution in [0.3, 0.4) is 0 Å². The van der Waals surface area contributed by atoms with Gasteiger partial charge in [0, 0.05) is 30.9 Å². The number of benzene rings is 1. The highest BCUT2D eigenvalue weighted by Crippen LogP contribution is 2.26. The van der Waals surface area contributed by atoms with Crippen LogP contribution in [-0.4, -0.2) is 42.2 Å². The molecule has 1 aromatic rings. The van der Waals surface area contributed by atoms with Crippen molar-refractivity contribution < 1.29 is 28.2 Å². The van der Waals surface area contributed by atoms with Crippen LogP contribution < -0.4 is 10.1 Å². The number of methoxy groups -OCH3 is 1. The zero-order valence-corrected chi connectivity index (χ0v) is 11.9. The zero-order valence-electron chi connectivity index (χ0n) is 11.9. The first-order chi connectivity index (χ1) is 10.4. The summed E-state index contributed by atoms with van der Waals surface area (Å²) in [5.74, 6) is -3.97. The summed E-state index contributed by atoms with van der Waals surface area (Å²) in [4.78, 5) is 24.3. The summed E-state index contributed by atoms with van der Waals surface area (Å²) in [5, 5.41) is 11.3. The van der Waals surface area contributed by atoms with Gasteiger partial charge in [-0.25, -0.2) is 13.6 Å². The van der Waals surface area contributed by atoms with E-state index in [1.807, 2.05) is 0 Å². The molecule has 1 aliphatic heterocycles. The SMILES string of the molecule is COc1c(F)cc(NC(=O)N2CCCC(C(=O)O)C2)cc1F. The van der Waals surface area contributed by atoms with Gasteiger partial charge < -0.3 is 20.1 Å². The maximum absolute atomic E-state index is 13.6. The number of ether oxygens (including phenoxy) is 1. The number of anilines is 1. The Kier molecular flexibility index (Phi) is 4.79. The Balaban J connectivity index is 2.07. The van der Waals surface area contributed by atoms with E-state index >= 15 is 0 Å². The number of rotatable bonds is 3. The Morgan fingerprint density at radius 1 is 1.36 bits per heavy atom. The fourth-order valence-corrected chi connectivity index (χ4v) is 2.39. The Labute approximate surface area is 125 Å². The van der Waals surface area contributed by atoms with Gasteiger partial charge in [0.15, 0.2) is 17.4 Å². The van der Waals surface area contributed by atoms with Gasteiger partial charge in [0.25, 0.3) is 0 Å². The molecule has 1 heterocycles. The van der Waals surface area contributed by atoms with Gasteiger partial charge >= 0.3 is 12.0 Å². The third-order valence-corrected chi connectivity index (χ3v) is 3.51. The van der Waals surface area contributed by atoms with Crippen LogP contribution in [0.5, 0.6) is 5.75 Å². The number of hydrogen-bond donors (Lipinski definition) is 2. The molecule has 22 heavy (non-hydrogen) atoms. The monoisotopic (exact) mass is 314 g/mol. The second-order valence-electron chi connectivity index (χ2n) is 5.03. The van der Waals surface area contributed by atoms with Gasteiger partial charge in [0.1, 0.15) is 0 Å². The molecule has 2 N–H and O–H groups in total. The highest BCUT2D eigenvalue weighted by molar-refractivity contribution is 5.89. The number of carbonyl (C=O) groups excluding carboxylic acids is 1. The molecule has 0 radical (unpaired) electrons. The summed E-state index contributed by atoms with van der Waals surface area (Å²) in [6, 6.07) is 1.30. The minimum atomic E-state index is -0.959. The van der Waals surface area contributed by atoms with E-state index in [2.05, 4.69) is 10.1 Å². The van der Waals surface area contributed by atoms with Crippen molar-refractivity contribution in [3.05, 3.63) is 23.8 Å². The molecule has 0 bridgehead atoms. The molecule has 0 spiro atoms. The van der Waals surface area contributed by atoms with E-state index in [1.54, 1.807) is 0 Å². The van der Waals surface area contributed by atoms with Crippen molar-refractivity contribution in [3.63, 3.8) is 0 Å². The predicted molar refractivity (Wildman–Crippen MR) is 73.9 cm³/mol. The lowest BCUT2D eigenvalue weighted by atomic mass is 9.99. The van der Waals surface area contributed by atoms with Crippen molar-refractivity contribution in [1.82, 2.24) is 4.90 Å². The number of carboxylic acid groups (broad SMARTS) is 1. The van der Waals surface area contributed by atoms with Gasteiger partial charge in [-0.2, -0.15) is 0 Å². The first kappa shape index (κ1) is 16.0. The highest BCUT2D eigenvalue weighted by Gasteiger charge is 2.28. The Hall–Kier alpha value is -2.38. The maximum atomic E-state index is 13.6. The number of aliphatic carboxylic acids is 1. The molecule has 1 fully saturated rings. The number of nitrogens with zero attached hydrogens (tertiary/aromatic N) is 1. The summed E-state index contributed by atoms with van der Waals surface area (Å²) in [7, 11) is 1.14. The molecule has 2 amide bonds. The lowest BCUT2D eigenvalue weighted by molar-refractivity contribution is -0.143. The van der Waals surface area contributed by atoms with Gasteiger partial charge in [0.2, 0.25) is 0 Å². The number of carboxylic acids is 1. The standard InChI is InChI=1S/C14H16F2N2O4/c1-22-12-10(15)5-9(6-11(12)16)17-14(21)18-4-2-3-8(7-18)13(19)20/h5-6,8H,2-4,7H2,1H3,(H,17,21)(H,19,20). The van der Waals surface area contributed by atoms with Crippen LogP contribution in [0.4, 0.5) is 19.3 Å². The van der Waals surface area contributed by atoms with Crippen molar-refractivity contribution in [2.24, 2.45) is 5.92 Å². The summed E-state index contributed by atoms with van der Waals surface area (Å²) in [6.45, 7) is 0.471. The lowest BCUT2D eigenvalue weighted by Crippen LogP contribution is -2.44. The van der Waals surface area contributed by atoms with Crippen molar-refractivity contribution in [3.8, 4) is 5.75 Å². The zero-order chi connectivity index (χ0) is 16.3. The Morgan fingerprint density at radius 2 is 2.00 bits per heavy atom. The number of piperidine rings is 1. The molecule has 6 nitrogen and oxygen atoms in total. The number of likely N-dealkylation sites (tertiary alicyclic amines) is 1. The topological polar surface area (TPSA) is 78.9 Å². The number of halogens is 2. The average molecular weight is 314 g/mol. The molecule has 0 saturated carbocycles. The van der Waals surface area contributed by atoms with Crippen molar-refractivity contribution in [2.45, 2.75) is 12.8 Å². The van der Waals surface area contributed by atoms with Crippen molar-refractivity contribution in [1.29, 1.82) is 0 Å². The fourth-order valence-electron chi connectivity index (χ4n) is 2.39. The van der Waals surface area contributed by atoms with E-state index in [-0.39, 0.29) is 12.2 Å². The van der Waals surface area contributed by atoms with Crippen molar-refractivity contribution in [2.75, 3.05) is 25.5 Å². The molecule has 1 aliphatic rings. The molecule has 8 heteroatoms. The smallest absolute Gasteiger partial charge is 0.321 e. The van der Waals surface area contributed by atoms with Crippen LogP contribution in [0.25, 0.3) is 0 Å². The molecular formula is C14H16F2N2O4. The van der Waals surface area contributed by atoms with Gasteiger partial charge in [0.05, 0.1) is 13.0 Å². The van der Waals surface area contributed by atoms with E-state index in [9.17, 15) is 18.4 Å². The molecule has 1 aromatic carbocycles. The molecule has 0 aromatic heterocycles. The largest absolute Gasteiger partial charge is 0.491 e. The quantitative estimate of drug-likeness (QED) is 0.897. The number of carbonyl (C=O) groups is 2. The second kappa shape index (κ2) is 6.59. The predicted octanol–water partition coefficient (Wildman–Crippen LogP) is 2.30. The van der Waals surface area contributed by atoms with Crippen LogP contribution in [0.2, 0.25) is 0 Å². The Bertz CT molecular complexity index is 571. The number of nitrogens with one attached hydrogen (secondary N) is 1. The minimum absolute atomic E-state index is 0.0572. The van der Waals surface area contributed by atoms with Crippen LogP contribution in [-0.2, 0) is 4.79 Å². The lowest BCUT2D eigenvalue weighted by Gasteiger charge is -2.30. The van der Waals surface area contributed by atoms with Gasteiger partial charge in [-0.15, -0.1) is 0 Å².